The Morgan fingerprint density at radius 3 is 2.38 bits per heavy atom. The first-order chi connectivity index (χ1) is 5.86. The Morgan fingerprint density at radius 1 is 1.46 bits per heavy atom. The van der Waals surface area contributed by atoms with Crippen molar-refractivity contribution in [3.63, 3.8) is 0 Å². The summed E-state index contributed by atoms with van der Waals surface area (Å²) in [6, 6.07) is 0. The summed E-state index contributed by atoms with van der Waals surface area (Å²) >= 11 is 0. The van der Waals surface area contributed by atoms with Gasteiger partial charge < -0.3 is 11.1 Å². The van der Waals surface area contributed by atoms with E-state index in [0.717, 1.165) is 0 Å². The summed E-state index contributed by atoms with van der Waals surface area (Å²) in [6.07, 6.45) is -3.85. The van der Waals surface area contributed by atoms with Crippen molar-refractivity contribution in [3.05, 3.63) is 0 Å². The number of hydrogen-bond donors (Lipinski definition) is 2. The third-order valence-electron chi connectivity index (χ3n) is 1.23. The molecule has 0 unspecified atom stereocenters. The molecule has 0 bridgehead atoms. The second-order valence-corrected chi connectivity index (χ2v) is 2.45. The highest BCUT2D eigenvalue weighted by Crippen LogP contribution is 2.21. The lowest BCUT2D eigenvalue weighted by molar-refractivity contribution is -0.126. The number of nitrogens with one attached hydrogen (secondary N) is 1. The van der Waals surface area contributed by atoms with E-state index in [4.69, 9.17) is 0 Å². The number of amides is 1. The van der Waals surface area contributed by atoms with Crippen LogP contribution in [0.1, 0.15) is 6.42 Å². The molecule has 0 fully saturated rings. The zero-order chi connectivity index (χ0) is 10.5. The van der Waals surface area contributed by atoms with Crippen LogP contribution in [0.3, 0.4) is 0 Å². The summed E-state index contributed by atoms with van der Waals surface area (Å²) in [5, 5.41) is 2.01. The lowest BCUT2D eigenvalue weighted by Crippen LogP contribution is -2.39. The van der Waals surface area contributed by atoms with E-state index in [-0.39, 0.29) is 13.0 Å². The van der Waals surface area contributed by atoms with Crippen LogP contribution >= 0.6 is 0 Å². The maximum atomic E-state index is 12.1. The molecule has 78 valence electrons. The monoisotopic (exact) mass is 202 g/mol. The summed E-state index contributed by atoms with van der Waals surface area (Å²) in [7, 11) is 0. The number of hydrogen-bond acceptors (Lipinski definition) is 2. The van der Waals surface area contributed by atoms with Crippen molar-refractivity contribution in [1.29, 1.82) is 0 Å². The Bertz CT molecular complexity index is 174. The highest BCUT2D eigenvalue weighted by Gasteiger charge is 2.39. The van der Waals surface area contributed by atoms with Crippen molar-refractivity contribution in [2.75, 3.05) is 13.1 Å². The summed E-state index contributed by atoms with van der Waals surface area (Å²) in [5.74, 6) is -4.73. The van der Waals surface area contributed by atoms with Crippen LogP contribution in [0.15, 0.2) is 0 Å². The summed E-state index contributed by atoms with van der Waals surface area (Å²) in [6.45, 7) is -1.28. The maximum absolute atomic E-state index is 12.1. The second-order valence-electron chi connectivity index (χ2n) is 2.45. The summed E-state index contributed by atoms with van der Waals surface area (Å²) in [5.41, 5.74) is 4.69. The molecule has 0 heterocycles. The van der Waals surface area contributed by atoms with Crippen LogP contribution in [0.25, 0.3) is 0 Å². The number of halogens is 4. The van der Waals surface area contributed by atoms with Crippen LogP contribution in [0.4, 0.5) is 17.6 Å². The minimum absolute atomic E-state index is 0.127. The molecule has 0 rings (SSSR count). The Labute approximate surface area is 72.3 Å². The van der Waals surface area contributed by atoms with E-state index in [0.29, 0.717) is 0 Å². The molecule has 0 aromatic rings. The van der Waals surface area contributed by atoms with Crippen molar-refractivity contribution in [1.82, 2.24) is 5.32 Å². The zero-order valence-corrected chi connectivity index (χ0v) is 6.70. The molecule has 7 heteroatoms. The fourth-order valence-corrected chi connectivity index (χ4v) is 0.544. The summed E-state index contributed by atoms with van der Waals surface area (Å²) in [4.78, 5) is 10.1. The SMILES string of the molecule is NC(=O)CCNCC(F)(F)C(F)F. The van der Waals surface area contributed by atoms with E-state index in [9.17, 15) is 22.4 Å². The van der Waals surface area contributed by atoms with Gasteiger partial charge in [-0.3, -0.25) is 4.79 Å². The summed E-state index contributed by atoms with van der Waals surface area (Å²) < 4.78 is 47.3. The van der Waals surface area contributed by atoms with Crippen molar-refractivity contribution < 1.29 is 22.4 Å². The van der Waals surface area contributed by atoms with Gasteiger partial charge in [0.15, 0.2) is 0 Å². The molecule has 0 aliphatic heterocycles. The number of primary amides is 1. The van der Waals surface area contributed by atoms with Gasteiger partial charge in [-0.25, -0.2) is 8.78 Å². The highest BCUT2D eigenvalue weighted by molar-refractivity contribution is 5.73. The van der Waals surface area contributed by atoms with Crippen LogP contribution in [-0.2, 0) is 4.79 Å². The molecule has 3 N–H and O–H groups in total. The van der Waals surface area contributed by atoms with Gasteiger partial charge in [-0.1, -0.05) is 0 Å². The Morgan fingerprint density at radius 2 is 2.00 bits per heavy atom. The third kappa shape index (κ3) is 5.40. The molecule has 0 spiro atoms. The topological polar surface area (TPSA) is 55.1 Å². The Hall–Kier alpha value is -0.850. The third-order valence-corrected chi connectivity index (χ3v) is 1.23. The van der Waals surface area contributed by atoms with Crippen molar-refractivity contribution in [2.24, 2.45) is 5.73 Å². The molecule has 3 nitrogen and oxygen atoms in total. The quantitative estimate of drug-likeness (QED) is 0.482. The number of nitrogens with two attached hydrogens (primary N) is 1. The fourth-order valence-electron chi connectivity index (χ4n) is 0.544. The molecule has 0 radical (unpaired) electrons. The number of rotatable bonds is 6. The van der Waals surface area contributed by atoms with Gasteiger partial charge in [0.2, 0.25) is 5.91 Å². The van der Waals surface area contributed by atoms with Gasteiger partial charge in [0, 0.05) is 13.0 Å². The molecule has 0 saturated carbocycles. The average Bonchev–Trinajstić information content (AvgIpc) is 1.97. The largest absolute Gasteiger partial charge is 0.370 e. The fraction of sp³-hybridized carbons (Fsp3) is 0.833. The molecule has 0 aliphatic rings. The number of carbonyl (C=O) groups excluding carboxylic acids is 1. The van der Waals surface area contributed by atoms with Gasteiger partial charge in [0.1, 0.15) is 0 Å². The van der Waals surface area contributed by atoms with Crippen molar-refractivity contribution in [2.45, 2.75) is 18.8 Å². The molecule has 1 amide bonds. The van der Waals surface area contributed by atoms with Crippen LogP contribution in [0.5, 0.6) is 0 Å². The van der Waals surface area contributed by atoms with Crippen LogP contribution in [0, 0.1) is 0 Å². The lowest BCUT2D eigenvalue weighted by atomic mass is 10.3. The average molecular weight is 202 g/mol. The second kappa shape index (κ2) is 5.00. The van der Waals surface area contributed by atoms with E-state index in [1.54, 1.807) is 0 Å². The first-order valence-corrected chi connectivity index (χ1v) is 3.51. The Balaban J connectivity index is 3.58. The van der Waals surface area contributed by atoms with Crippen LogP contribution in [-0.4, -0.2) is 31.3 Å². The predicted molar refractivity (Wildman–Crippen MR) is 37.6 cm³/mol. The zero-order valence-electron chi connectivity index (χ0n) is 6.70. The lowest BCUT2D eigenvalue weighted by Gasteiger charge is -2.15. The first-order valence-electron chi connectivity index (χ1n) is 3.51. The van der Waals surface area contributed by atoms with E-state index in [2.05, 4.69) is 5.73 Å². The molecular formula is C6H10F4N2O. The first kappa shape index (κ1) is 12.2. The molecule has 0 aromatic heterocycles. The van der Waals surface area contributed by atoms with Gasteiger partial charge in [-0.2, -0.15) is 8.78 Å². The van der Waals surface area contributed by atoms with E-state index >= 15 is 0 Å². The van der Waals surface area contributed by atoms with E-state index in [1.807, 2.05) is 5.32 Å². The van der Waals surface area contributed by atoms with E-state index in [1.165, 1.54) is 0 Å². The van der Waals surface area contributed by atoms with Crippen molar-refractivity contribution in [3.8, 4) is 0 Å². The standard InChI is InChI=1S/C6H10F4N2O/c7-5(8)6(9,10)3-12-2-1-4(11)13/h5,12H,1-3H2,(H2,11,13). The minimum atomic E-state index is -4.06. The smallest absolute Gasteiger partial charge is 0.319 e. The molecular weight excluding hydrogens is 192 g/mol. The molecule has 0 aliphatic carbocycles. The normalized spacial score (nSPS) is 12.1. The van der Waals surface area contributed by atoms with Crippen molar-refractivity contribution >= 4 is 5.91 Å². The highest BCUT2D eigenvalue weighted by atomic mass is 19.3. The van der Waals surface area contributed by atoms with E-state index < -0.39 is 24.8 Å². The molecule has 0 aromatic carbocycles. The maximum Gasteiger partial charge on any atom is 0.319 e. The molecule has 0 saturated heterocycles. The Kier molecular flexibility index (Phi) is 4.68. The van der Waals surface area contributed by atoms with Gasteiger partial charge in [0.05, 0.1) is 6.54 Å². The predicted octanol–water partition coefficient (Wildman–Crippen LogP) is 0.352. The van der Waals surface area contributed by atoms with Crippen LogP contribution in [0.2, 0.25) is 0 Å². The molecule has 0 atom stereocenters. The van der Waals surface area contributed by atoms with Gasteiger partial charge in [-0.05, 0) is 0 Å². The van der Waals surface area contributed by atoms with Gasteiger partial charge >= 0.3 is 12.3 Å². The minimum Gasteiger partial charge on any atom is -0.370 e. The number of alkyl halides is 4. The van der Waals surface area contributed by atoms with Gasteiger partial charge in [-0.15, -0.1) is 0 Å². The number of carbonyl (C=O) groups is 1. The van der Waals surface area contributed by atoms with Gasteiger partial charge in [0.25, 0.3) is 0 Å². The molecule has 13 heavy (non-hydrogen) atoms. The van der Waals surface area contributed by atoms with Crippen LogP contribution < -0.4 is 11.1 Å².